The van der Waals surface area contributed by atoms with Gasteiger partial charge >= 0.3 is 0 Å². The molecule has 1 aromatic rings. The van der Waals surface area contributed by atoms with Crippen molar-refractivity contribution in [1.82, 2.24) is 9.80 Å². The van der Waals surface area contributed by atoms with Crippen LogP contribution in [0, 0.1) is 0 Å². The van der Waals surface area contributed by atoms with Crippen molar-refractivity contribution in [2.45, 2.75) is 24.9 Å². The zero-order valence-electron chi connectivity index (χ0n) is 10.8. The van der Waals surface area contributed by atoms with Gasteiger partial charge in [0.25, 0.3) is 0 Å². The third kappa shape index (κ3) is 2.01. The molecule has 0 aromatic carbocycles. The molecule has 1 saturated heterocycles. The number of thiophene rings is 1. The topological polar surface area (TPSA) is 44.9 Å². The third-order valence-corrected chi connectivity index (χ3v) is 5.06. The molecular formula is C13H20N4S. The lowest BCUT2D eigenvalue weighted by atomic mass is 9.86. The molecule has 0 bridgehead atoms. The fourth-order valence-electron chi connectivity index (χ4n) is 2.91. The predicted molar refractivity (Wildman–Crippen MR) is 75.8 cm³/mol. The van der Waals surface area contributed by atoms with Gasteiger partial charge in [-0.1, -0.05) is 6.07 Å². The van der Waals surface area contributed by atoms with Crippen molar-refractivity contribution >= 4 is 17.3 Å². The first-order chi connectivity index (χ1) is 8.70. The lowest BCUT2D eigenvalue weighted by molar-refractivity contribution is 0.0952. The van der Waals surface area contributed by atoms with E-state index in [1.54, 1.807) is 11.3 Å². The van der Waals surface area contributed by atoms with E-state index in [-0.39, 0.29) is 5.54 Å². The summed E-state index contributed by atoms with van der Waals surface area (Å²) in [6.45, 7) is 4.07. The fraction of sp³-hybridized carbons (Fsp3) is 0.615. The van der Waals surface area contributed by atoms with Gasteiger partial charge in [0.2, 0.25) is 0 Å². The minimum atomic E-state index is 0.181. The SMILES string of the molecule is CN1CCC2(CC1)CN=C(N)N2Cc1cccs1. The van der Waals surface area contributed by atoms with Crippen molar-refractivity contribution in [1.29, 1.82) is 0 Å². The average Bonchev–Trinajstić information content (AvgIpc) is 2.97. The van der Waals surface area contributed by atoms with Crippen LogP contribution in [0.25, 0.3) is 0 Å². The monoisotopic (exact) mass is 264 g/mol. The number of guanidine groups is 1. The molecule has 1 spiro atoms. The molecule has 0 atom stereocenters. The maximum absolute atomic E-state index is 6.10. The van der Waals surface area contributed by atoms with E-state index in [4.69, 9.17) is 5.73 Å². The van der Waals surface area contributed by atoms with Gasteiger partial charge in [-0.25, -0.2) is 0 Å². The first-order valence-corrected chi connectivity index (χ1v) is 7.36. The number of nitrogens with two attached hydrogens (primary N) is 1. The lowest BCUT2D eigenvalue weighted by Gasteiger charge is -2.44. The van der Waals surface area contributed by atoms with Gasteiger partial charge in [-0.3, -0.25) is 4.99 Å². The number of nitrogens with zero attached hydrogens (tertiary/aromatic N) is 3. The van der Waals surface area contributed by atoms with Gasteiger partial charge in [0.15, 0.2) is 5.96 Å². The van der Waals surface area contributed by atoms with E-state index in [0.29, 0.717) is 0 Å². The predicted octanol–water partition coefficient (Wildman–Crippen LogP) is 1.34. The first-order valence-electron chi connectivity index (χ1n) is 6.48. The number of rotatable bonds is 2. The van der Waals surface area contributed by atoms with Crippen LogP contribution in [0.2, 0.25) is 0 Å². The summed E-state index contributed by atoms with van der Waals surface area (Å²) in [7, 11) is 2.19. The van der Waals surface area contributed by atoms with Crippen LogP contribution in [0.15, 0.2) is 22.5 Å². The van der Waals surface area contributed by atoms with Crippen molar-refractivity contribution in [3.63, 3.8) is 0 Å². The highest BCUT2D eigenvalue weighted by atomic mass is 32.1. The van der Waals surface area contributed by atoms with Crippen LogP contribution >= 0.6 is 11.3 Å². The van der Waals surface area contributed by atoms with Gasteiger partial charge in [0, 0.05) is 18.0 Å². The van der Waals surface area contributed by atoms with Crippen LogP contribution in [0.4, 0.5) is 0 Å². The lowest BCUT2D eigenvalue weighted by Crippen LogP contribution is -2.56. The molecule has 0 saturated carbocycles. The zero-order chi connectivity index (χ0) is 12.6. The second-order valence-corrected chi connectivity index (χ2v) is 6.40. The number of likely N-dealkylation sites (tertiary alicyclic amines) is 1. The summed E-state index contributed by atoms with van der Waals surface area (Å²) in [5.74, 6) is 0.730. The standard InChI is InChI=1S/C13H20N4S/c1-16-6-4-13(5-7-16)10-15-12(14)17(13)9-11-3-2-8-18-11/h2-3,8H,4-7,9-10H2,1H3,(H2,14,15). The molecule has 4 nitrogen and oxygen atoms in total. The van der Waals surface area contributed by atoms with E-state index in [2.05, 4.69) is 39.4 Å². The van der Waals surface area contributed by atoms with Gasteiger partial charge in [-0.05, 0) is 31.3 Å². The Morgan fingerprint density at radius 1 is 1.44 bits per heavy atom. The Bertz CT molecular complexity index is 432. The van der Waals surface area contributed by atoms with Crippen molar-refractivity contribution in [2.24, 2.45) is 10.7 Å². The smallest absolute Gasteiger partial charge is 0.192 e. The fourth-order valence-corrected chi connectivity index (χ4v) is 3.60. The highest BCUT2D eigenvalue weighted by molar-refractivity contribution is 7.09. The molecule has 5 heteroatoms. The molecule has 0 amide bonds. The highest BCUT2D eigenvalue weighted by Crippen LogP contribution is 2.34. The normalized spacial score (nSPS) is 23.6. The Labute approximate surface area is 112 Å². The minimum absolute atomic E-state index is 0.181. The molecule has 0 aliphatic carbocycles. The summed E-state index contributed by atoms with van der Waals surface area (Å²) in [6, 6.07) is 4.28. The van der Waals surface area contributed by atoms with Crippen LogP contribution < -0.4 is 5.73 Å². The minimum Gasteiger partial charge on any atom is -0.370 e. The number of hydrogen-bond acceptors (Lipinski definition) is 5. The van der Waals surface area contributed by atoms with E-state index in [9.17, 15) is 0 Å². The molecule has 2 aliphatic heterocycles. The Balaban J connectivity index is 1.78. The van der Waals surface area contributed by atoms with Gasteiger partial charge in [0.1, 0.15) is 0 Å². The van der Waals surface area contributed by atoms with Gasteiger partial charge in [-0.15, -0.1) is 11.3 Å². The largest absolute Gasteiger partial charge is 0.370 e. The molecule has 0 unspecified atom stereocenters. The van der Waals surface area contributed by atoms with Crippen LogP contribution in [0.5, 0.6) is 0 Å². The maximum Gasteiger partial charge on any atom is 0.192 e. The summed E-state index contributed by atoms with van der Waals surface area (Å²) in [4.78, 5) is 10.6. The number of aliphatic imine (C=N–C) groups is 1. The van der Waals surface area contributed by atoms with E-state index < -0.39 is 0 Å². The first kappa shape index (κ1) is 12.0. The van der Waals surface area contributed by atoms with Crippen molar-refractivity contribution in [3.8, 4) is 0 Å². The van der Waals surface area contributed by atoms with E-state index in [1.165, 1.54) is 17.7 Å². The molecule has 3 rings (SSSR count). The summed E-state index contributed by atoms with van der Waals surface area (Å²) in [5, 5.41) is 2.13. The molecule has 3 heterocycles. The highest BCUT2D eigenvalue weighted by Gasteiger charge is 2.43. The average molecular weight is 264 g/mol. The van der Waals surface area contributed by atoms with Crippen LogP contribution in [0.1, 0.15) is 17.7 Å². The molecule has 0 radical (unpaired) electrons. The molecule has 98 valence electrons. The summed E-state index contributed by atoms with van der Waals surface area (Å²) in [5.41, 5.74) is 6.28. The van der Waals surface area contributed by atoms with Gasteiger partial charge in [0.05, 0.1) is 18.6 Å². The Kier molecular flexibility index (Phi) is 3.03. The molecular weight excluding hydrogens is 244 g/mol. The third-order valence-electron chi connectivity index (χ3n) is 4.20. The van der Waals surface area contributed by atoms with Crippen molar-refractivity contribution in [2.75, 3.05) is 26.7 Å². The van der Waals surface area contributed by atoms with Gasteiger partial charge in [-0.2, -0.15) is 0 Å². The molecule has 2 aliphatic rings. The van der Waals surface area contributed by atoms with E-state index in [0.717, 1.165) is 32.1 Å². The Morgan fingerprint density at radius 3 is 2.89 bits per heavy atom. The van der Waals surface area contributed by atoms with Gasteiger partial charge < -0.3 is 15.5 Å². The maximum atomic E-state index is 6.10. The van der Waals surface area contributed by atoms with Crippen molar-refractivity contribution in [3.05, 3.63) is 22.4 Å². The second kappa shape index (κ2) is 4.55. The number of piperidine rings is 1. The van der Waals surface area contributed by atoms with E-state index >= 15 is 0 Å². The van der Waals surface area contributed by atoms with Crippen molar-refractivity contribution < 1.29 is 0 Å². The Morgan fingerprint density at radius 2 is 2.22 bits per heavy atom. The zero-order valence-corrected chi connectivity index (χ0v) is 11.6. The summed E-state index contributed by atoms with van der Waals surface area (Å²) in [6.07, 6.45) is 2.33. The quantitative estimate of drug-likeness (QED) is 0.877. The van der Waals surface area contributed by atoms with Crippen LogP contribution in [-0.4, -0.2) is 48.0 Å². The van der Waals surface area contributed by atoms with E-state index in [1.807, 2.05) is 0 Å². The Hall–Kier alpha value is -1.07. The number of hydrogen-bond donors (Lipinski definition) is 1. The molecule has 2 N–H and O–H groups in total. The summed E-state index contributed by atoms with van der Waals surface area (Å²) < 4.78 is 0. The summed E-state index contributed by atoms with van der Waals surface area (Å²) >= 11 is 1.80. The second-order valence-electron chi connectivity index (χ2n) is 5.37. The molecule has 1 aromatic heterocycles. The van der Waals surface area contributed by atoms with Crippen LogP contribution in [0.3, 0.4) is 0 Å². The molecule has 18 heavy (non-hydrogen) atoms. The molecule has 1 fully saturated rings. The van der Waals surface area contributed by atoms with Crippen LogP contribution in [-0.2, 0) is 6.54 Å².